The van der Waals surface area contributed by atoms with E-state index >= 15 is 0 Å². The predicted octanol–water partition coefficient (Wildman–Crippen LogP) is 3.45. The van der Waals surface area contributed by atoms with Crippen molar-refractivity contribution in [1.82, 2.24) is 0 Å². The van der Waals surface area contributed by atoms with Crippen molar-refractivity contribution in [2.24, 2.45) is 0 Å². The first-order chi connectivity index (χ1) is 5.86. The Morgan fingerprint density at radius 2 is 2.25 bits per heavy atom. The van der Waals surface area contributed by atoms with Gasteiger partial charge in [0.1, 0.15) is 0 Å². The van der Waals surface area contributed by atoms with E-state index in [1.165, 1.54) is 11.1 Å². The Bertz CT molecular complexity index is 282. The standard InChI is InChI=1S/C12H14/c1-3-5-7-12-9-6-8-11(4-2)10-12/h3,5-10H,1,4H2,2H3/b7-5+. The molecule has 0 aliphatic heterocycles. The summed E-state index contributed by atoms with van der Waals surface area (Å²) in [6.45, 7) is 5.79. The molecule has 1 aromatic carbocycles. The molecular formula is C12H14. The second-order valence-electron chi connectivity index (χ2n) is 2.69. The van der Waals surface area contributed by atoms with Crippen molar-refractivity contribution in [3.8, 4) is 0 Å². The first kappa shape index (κ1) is 8.79. The molecule has 0 radical (unpaired) electrons. The Hall–Kier alpha value is -1.30. The Kier molecular flexibility index (Phi) is 3.34. The van der Waals surface area contributed by atoms with E-state index in [0.717, 1.165) is 6.42 Å². The van der Waals surface area contributed by atoms with Gasteiger partial charge in [0.25, 0.3) is 0 Å². The zero-order valence-electron chi connectivity index (χ0n) is 7.46. The van der Waals surface area contributed by atoms with Gasteiger partial charge in [-0.3, -0.25) is 0 Å². The summed E-state index contributed by atoms with van der Waals surface area (Å²) in [6, 6.07) is 8.52. The second kappa shape index (κ2) is 4.55. The van der Waals surface area contributed by atoms with Gasteiger partial charge in [-0.2, -0.15) is 0 Å². The van der Waals surface area contributed by atoms with Crippen LogP contribution in [0.15, 0.2) is 43.0 Å². The lowest BCUT2D eigenvalue weighted by Crippen LogP contribution is -1.79. The van der Waals surface area contributed by atoms with Crippen molar-refractivity contribution >= 4 is 6.08 Å². The van der Waals surface area contributed by atoms with Gasteiger partial charge in [0.15, 0.2) is 0 Å². The number of hydrogen-bond acceptors (Lipinski definition) is 0. The molecule has 0 saturated carbocycles. The normalized spacial score (nSPS) is 10.4. The van der Waals surface area contributed by atoms with E-state index in [9.17, 15) is 0 Å². The van der Waals surface area contributed by atoms with Gasteiger partial charge in [0.2, 0.25) is 0 Å². The molecule has 0 bridgehead atoms. The minimum atomic E-state index is 1.09. The van der Waals surface area contributed by atoms with Crippen molar-refractivity contribution in [2.45, 2.75) is 13.3 Å². The summed E-state index contributed by atoms with van der Waals surface area (Å²) in [5.74, 6) is 0. The highest BCUT2D eigenvalue weighted by Crippen LogP contribution is 2.07. The molecule has 12 heavy (non-hydrogen) atoms. The first-order valence-corrected chi connectivity index (χ1v) is 4.25. The second-order valence-corrected chi connectivity index (χ2v) is 2.69. The van der Waals surface area contributed by atoms with Crippen LogP contribution in [0.2, 0.25) is 0 Å². The number of allylic oxidation sites excluding steroid dienone is 2. The molecule has 0 aliphatic carbocycles. The molecule has 1 rings (SSSR count). The molecule has 0 heterocycles. The third kappa shape index (κ3) is 2.39. The highest BCUT2D eigenvalue weighted by Gasteiger charge is 1.88. The smallest absolute Gasteiger partial charge is 0.0254 e. The van der Waals surface area contributed by atoms with Crippen LogP contribution in [0.5, 0.6) is 0 Å². The minimum Gasteiger partial charge on any atom is -0.0991 e. The van der Waals surface area contributed by atoms with E-state index in [2.05, 4.69) is 43.8 Å². The maximum Gasteiger partial charge on any atom is -0.0254 e. The number of benzene rings is 1. The summed E-state index contributed by atoms with van der Waals surface area (Å²) in [5, 5.41) is 0. The molecule has 0 N–H and O–H groups in total. The average Bonchev–Trinajstić information content (AvgIpc) is 2.15. The van der Waals surface area contributed by atoms with Crippen molar-refractivity contribution < 1.29 is 0 Å². The van der Waals surface area contributed by atoms with E-state index in [4.69, 9.17) is 0 Å². The summed E-state index contributed by atoms with van der Waals surface area (Å²) >= 11 is 0. The Morgan fingerprint density at radius 3 is 2.92 bits per heavy atom. The maximum absolute atomic E-state index is 3.63. The number of rotatable bonds is 3. The van der Waals surface area contributed by atoms with E-state index in [1.807, 2.05) is 6.08 Å². The zero-order chi connectivity index (χ0) is 8.81. The molecular weight excluding hydrogens is 144 g/mol. The van der Waals surface area contributed by atoms with Crippen LogP contribution in [0.4, 0.5) is 0 Å². The van der Waals surface area contributed by atoms with Crippen molar-refractivity contribution in [3.05, 3.63) is 54.1 Å². The van der Waals surface area contributed by atoms with Gasteiger partial charge in [-0.1, -0.05) is 56.0 Å². The molecule has 0 amide bonds. The molecule has 0 aromatic heterocycles. The van der Waals surface area contributed by atoms with Crippen LogP contribution in [0.1, 0.15) is 18.1 Å². The van der Waals surface area contributed by atoms with E-state index in [0.29, 0.717) is 0 Å². The lowest BCUT2D eigenvalue weighted by atomic mass is 10.1. The number of aryl methyl sites for hydroxylation is 1. The molecule has 0 nitrogen and oxygen atoms in total. The van der Waals surface area contributed by atoms with Gasteiger partial charge in [-0.25, -0.2) is 0 Å². The Morgan fingerprint density at radius 1 is 1.42 bits per heavy atom. The van der Waals surface area contributed by atoms with Crippen LogP contribution in [0.3, 0.4) is 0 Å². The number of hydrogen-bond donors (Lipinski definition) is 0. The third-order valence-corrected chi connectivity index (χ3v) is 1.78. The van der Waals surface area contributed by atoms with Gasteiger partial charge in [0.05, 0.1) is 0 Å². The van der Waals surface area contributed by atoms with Crippen LogP contribution in [-0.4, -0.2) is 0 Å². The summed E-state index contributed by atoms with van der Waals surface area (Å²) in [7, 11) is 0. The fraction of sp³-hybridized carbons (Fsp3) is 0.167. The fourth-order valence-corrected chi connectivity index (χ4v) is 1.10. The SMILES string of the molecule is C=C/C=C/c1cccc(CC)c1. The van der Waals surface area contributed by atoms with Gasteiger partial charge < -0.3 is 0 Å². The van der Waals surface area contributed by atoms with E-state index < -0.39 is 0 Å². The summed E-state index contributed by atoms with van der Waals surface area (Å²) < 4.78 is 0. The van der Waals surface area contributed by atoms with Crippen LogP contribution in [0.25, 0.3) is 6.08 Å². The molecule has 0 aliphatic rings. The highest BCUT2D eigenvalue weighted by molar-refractivity contribution is 5.51. The maximum atomic E-state index is 3.63. The molecule has 0 saturated heterocycles. The predicted molar refractivity (Wildman–Crippen MR) is 55.1 cm³/mol. The topological polar surface area (TPSA) is 0 Å². The Balaban J connectivity index is 2.86. The molecule has 0 fully saturated rings. The lowest BCUT2D eigenvalue weighted by Gasteiger charge is -1.97. The van der Waals surface area contributed by atoms with Crippen LogP contribution >= 0.6 is 0 Å². The van der Waals surface area contributed by atoms with Gasteiger partial charge in [0, 0.05) is 0 Å². The molecule has 0 unspecified atom stereocenters. The van der Waals surface area contributed by atoms with Gasteiger partial charge >= 0.3 is 0 Å². The summed E-state index contributed by atoms with van der Waals surface area (Å²) in [4.78, 5) is 0. The molecule has 0 heteroatoms. The van der Waals surface area contributed by atoms with E-state index in [-0.39, 0.29) is 0 Å². The van der Waals surface area contributed by atoms with E-state index in [1.54, 1.807) is 6.08 Å². The largest absolute Gasteiger partial charge is 0.0991 e. The monoisotopic (exact) mass is 158 g/mol. The van der Waals surface area contributed by atoms with Crippen molar-refractivity contribution in [2.75, 3.05) is 0 Å². The van der Waals surface area contributed by atoms with Crippen molar-refractivity contribution in [3.63, 3.8) is 0 Å². The third-order valence-electron chi connectivity index (χ3n) is 1.78. The molecule has 62 valence electrons. The molecule has 0 spiro atoms. The molecule has 0 atom stereocenters. The van der Waals surface area contributed by atoms with Gasteiger partial charge in [-0.15, -0.1) is 0 Å². The first-order valence-electron chi connectivity index (χ1n) is 4.25. The summed E-state index contributed by atoms with van der Waals surface area (Å²) in [5.41, 5.74) is 2.62. The highest BCUT2D eigenvalue weighted by atomic mass is 13.9. The minimum absolute atomic E-state index is 1.09. The Labute approximate surface area is 74.2 Å². The zero-order valence-corrected chi connectivity index (χ0v) is 7.46. The summed E-state index contributed by atoms with van der Waals surface area (Å²) in [6.07, 6.45) is 6.90. The van der Waals surface area contributed by atoms with Crippen LogP contribution in [-0.2, 0) is 6.42 Å². The van der Waals surface area contributed by atoms with Crippen LogP contribution in [0, 0.1) is 0 Å². The quantitative estimate of drug-likeness (QED) is 0.591. The van der Waals surface area contributed by atoms with Crippen LogP contribution < -0.4 is 0 Å². The fourth-order valence-electron chi connectivity index (χ4n) is 1.10. The van der Waals surface area contributed by atoms with Gasteiger partial charge in [-0.05, 0) is 17.5 Å². The average molecular weight is 158 g/mol. The molecule has 1 aromatic rings. The lowest BCUT2D eigenvalue weighted by molar-refractivity contribution is 1.14. The van der Waals surface area contributed by atoms with Crippen molar-refractivity contribution in [1.29, 1.82) is 0 Å².